The van der Waals surface area contributed by atoms with Crippen LogP contribution in [0.1, 0.15) is 17.7 Å². The van der Waals surface area contributed by atoms with Gasteiger partial charge in [0.15, 0.2) is 9.34 Å². The van der Waals surface area contributed by atoms with Crippen molar-refractivity contribution in [2.24, 2.45) is 5.14 Å². The molecule has 0 spiro atoms. The maximum atomic E-state index is 13.1. The molecule has 0 saturated heterocycles. The quantitative estimate of drug-likeness (QED) is 0.494. The van der Waals surface area contributed by atoms with Gasteiger partial charge < -0.3 is 4.74 Å². The van der Waals surface area contributed by atoms with Gasteiger partial charge in [-0.15, -0.1) is 0 Å². The second-order valence-electron chi connectivity index (χ2n) is 7.05. The summed E-state index contributed by atoms with van der Waals surface area (Å²) >= 11 is 0.911. The van der Waals surface area contributed by atoms with Crippen LogP contribution >= 0.6 is 11.3 Å². The topological polar surface area (TPSA) is 103 Å². The van der Waals surface area contributed by atoms with Crippen molar-refractivity contribution in [3.63, 3.8) is 0 Å². The molecule has 9 heteroatoms. The van der Waals surface area contributed by atoms with Gasteiger partial charge in [-0.25, -0.2) is 18.5 Å². The van der Waals surface area contributed by atoms with E-state index in [-0.39, 0.29) is 16.5 Å². The number of thiazole rings is 1. The van der Waals surface area contributed by atoms with Gasteiger partial charge in [-0.2, -0.15) is 0 Å². The van der Waals surface area contributed by atoms with E-state index in [1.807, 2.05) is 54.6 Å². The van der Waals surface area contributed by atoms with E-state index in [2.05, 4.69) is 4.98 Å². The van der Waals surface area contributed by atoms with Crippen molar-refractivity contribution in [2.45, 2.75) is 24.0 Å². The summed E-state index contributed by atoms with van der Waals surface area (Å²) < 4.78 is 28.6. The second kappa shape index (κ2) is 10.1. The van der Waals surface area contributed by atoms with Crippen LogP contribution in [0.5, 0.6) is 0 Å². The Kier molecular flexibility index (Phi) is 7.55. The first-order chi connectivity index (χ1) is 14.8. The SMILES string of the molecule is COCCCN(C(=O)Cc1ccc(-c2ccccc2)cc1)c1nc(C)c(S(N)(=O)=O)s1. The molecule has 7 nitrogen and oxygen atoms in total. The number of amides is 1. The van der Waals surface area contributed by atoms with Crippen LogP contribution in [-0.4, -0.2) is 39.6 Å². The third kappa shape index (κ3) is 5.98. The molecule has 0 radical (unpaired) electrons. The van der Waals surface area contributed by atoms with Crippen molar-refractivity contribution in [3.05, 3.63) is 65.9 Å². The van der Waals surface area contributed by atoms with Crippen LogP contribution in [0.25, 0.3) is 11.1 Å². The number of hydrogen-bond donors (Lipinski definition) is 1. The number of ether oxygens (including phenoxy) is 1. The van der Waals surface area contributed by atoms with Gasteiger partial charge in [-0.3, -0.25) is 9.69 Å². The molecule has 0 aliphatic carbocycles. The normalized spacial score (nSPS) is 11.5. The third-order valence-corrected chi connectivity index (χ3v) is 7.41. The van der Waals surface area contributed by atoms with Gasteiger partial charge in [0.2, 0.25) is 15.9 Å². The molecular weight excluding hydrogens is 434 g/mol. The Labute approximate surface area is 186 Å². The van der Waals surface area contributed by atoms with Crippen molar-refractivity contribution >= 4 is 32.4 Å². The minimum Gasteiger partial charge on any atom is -0.385 e. The number of aromatic nitrogens is 1. The van der Waals surface area contributed by atoms with Gasteiger partial charge in [0.05, 0.1) is 12.1 Å². The van der Waals surface area contributed by atoms with E-state index in [1.54, 1.807) is 14.0 Å². The number of methoxy groups -OCH3 is 1. The second-order valence-corrected chi connectivity index (χ2v) is 9.78. The van der Waals surface area contributed by atoms with E-state index >= 15 is 0 Å². The Hall–Kier alpha value is -2.59. The van der Waals surface area contributed by atoms with Crippen LogP contribution in [0.4, 0.5) is 5.13 Å². The highest BCUT2D eigenvalue weighted by Gasteiger charge is 2.24. The lowest BCUT2D eigenvalue weighted by atomic mass is 10.0. The molecule has 0 unspecified atom stereocenters. The van der Waals surface area contributed by atoms with E-state index in [1.165, 1.54) is 4.90 Å². The molecule has 0 fully saturated rings. The number of nitrogens with zero attached hydrogens (tertiary/aromatic N) is 2. The minimum absolute atomic E-state index is 0.0285. The van der Waals surface area contributed by atoms with Crippen molar-refractivity contribution in [2.75, 3.05) is 25.2 Å². The fourth-order valence-electron chi connectivity index (χ4n) is 3.16. The van der Waals surface area contributed by atoms with Crippen molar-refractivity contribution in [1.29, 1.82) is 0 Å². The summed E-state index contributed by atoms with van der Waals surface area (Å²) in [6, 6.07) is 17.8. The van der Waals surface area contributed by atoms with Crippen molar-refractivity contribution in [3.8, 4) is 11.1 Å². The highest BCUT2D eigenvalue weighted by atomic mass is 32.2. The van der Waals surface area contributed by atoms with E-state index < -0.39 is 10.0 Å². The summed E-state index contributed by atoms with van der Waals surface area (Å²) in [5, 5.41) is 5.60. The number of primary sulfonamides is 1. The standard InChI is InChI=1S/C22H25N3O4S2/c1-16-21(31(23,27)28)30-22(24-16)25(13-6-14-29-2)20(26)15-17-9-11-19(12-10-17)18-7-4-3-5-8-18/h3-5,7-12H,6,13-15H2,1-2H3,(H2,23,27,28). The maximum absolute atomic E-state index is 13.1. The van der Waals surface area contributed by atoms with Crippen molar-refractivity contribution in [1.82, 2.24) is 4.98 Å². The monoisotopic (exact) mass is 459 g/mol. The molecule has 1 aromatic heterocycles. The molecule has 1 amide bonds. The fraction of sp³-hybridized carbons (Fsp3) is 0.273. The van der Waals surface area contributed by atoms with E-state index in [0.717, 1.165) is 28.0 Å². The summed E-state index contributed by atoms with van der Waals surface area (Å²) in [7, 11) is -2.30. The number of rotatable bonds is 9. The number of nitrogens with two attached hydrogens (primary N) is 1. The number of sulfonamides is 1. The van der Waals surface area contributed by atoms with E-state index in [9.17, 15) is 13.2 Å². The zero-order valence-electron chi connectivity index (χ0n) is 17.4. The van der Waals surface area contributed by atoms with Crippen LogP contribution in [-0.2, 0) is 26.0 Å². The Balaban J connectivity index is 1.80. The number of anilines is 1. The first kappa shape index (κ1) is 23.1. The zero-order chi connectivity index (χ0) is 22.4. The lowest BCUT2D eigenvalue weighted by Crippen LogP contribution is -2.33. The third-order valence-electron chi connectivity index (χ3n) is 4.68. The maximum Gasteiger partial charge on any atom is 0.249 e. The molecule has 31 heavy (non-hydrogen) atoms. The Morgan fingerprint density at radius 1 is 1.10 bits per heavy atom. The van der Waals surface area contributed by atoms with Crippen LogP contribution in [0, 0.1) is 6.92 Å². The molecule has 0 bridgehead atoms. The lowest BCUT2D eigenvalue weighted by molar-refractivity contribution is -0.118. The zero-order valence-corrected chi connectivity index (χ0v) is 19.1. The molecule has 0 atom stereocenters. The predicted octanol–water partition coefficient (Wildman–Crippen LogP) is 3.38. The van der Waals surface area contributed by atoms with Gasteiger partial charge >= 0.3 is 0 Å². The van der Waals surface area contributed by atoms with Gasteiger partial charge in [0.1, 0.15) is 0 Å². The number of carbonyl (C=O) groups is 1. The molecule has 3 aromatic rings. The number of carbonyl (C=O) groups excluding carboxylic acids is 1. The average Bonchev–Trinajstić information content (AvgIpc) is 3.14. The highest BCUT2D eigenvalue weighted by Crippen LogP contribution is 2.30. The fourth-order valence-corrected chi connectivity index (χ4v) is 5.15. The van der Waals surface area contributed by atoms with Crippen LogP contribution in [0.2, 0.25) is 0 Å². The highest BCUT2D eigenvalue weighted by molar-refractivity contribution is 7.91. The van der Waals surface area contributed by atoms with E-state index in [0.29, 0.717) is 30.4 Å². The number of benzene rings is 2. The molecular formula is C22H25N3O4S2. The molecule has 2 N–H and O–H groups in total. The Morgan fingerprint density at radius 2 is 1.74 bits per heavy atom. The summed E-state index contributed by atoms with van der Waals surface area (Å²) in [6.45, 7) is 2.41. The van der Waals surface area contributed by atoms with Crippen LogP contribution < -0.4 is 10.0 Å². The average molecular weight is 460 g/mol. The number of aryl methyl sites for hydroxylation is 1. The van der Waals surface area contributed by atoms with Crippen LogP contribution in [0.3, 0.4) is 0 Å². The molecule has 164 valence electrons. The molecule has 0 aliphatic heterocycles. The summed E-state index contributed by atoms with van der Waals surface area (Å²) in [6.07, 6.45) is 0.768. The first-order valence-corrected chi connectivity index (χ1v) is 12.1. The smallest absolute Gasteiger partial charge is 0.249 e. The molecule has 1 heterocycles. The predicted molar refractivity (Wildman–Crippen MR) is 123 cm³/mol. The Bertz CT molecular complexity index is 1130. The summed E-state index contributed by atoms with van der Waals surface area (Å²) in [5.41, 5.74) is 3.33. The van der Waals surface area contributed by atoms with Gasteiger partial charge in [-0.05, 0) is 30.0 Å². The van der Waals surface area contributed by atoms with Gasteiger partial charge in [-0.1, -0.05) is 65.9 Å². The summed E-state index contributed by atoms with van der Waals surface area (Å²) in [4.78, 5) is 18.9. The van der Waals surface area contributed by atoms with Gasteiger partial charge in [0.25, 0.3) is 0 Å². The minimum atomic E-state index is -3.89. The first-order valence-electron chi connectivity index (χ1n) is 9.73. The van der Waals surface area contributed by atoms with Crippen molar-refractivity contribution < 1.29 is 17.9 Å². The van der Waals surface area contributed by atoms with Gasteiger partial charge in [0, 0.05) is 20.3 Å². The van der Waals surface area contributed by atoms with E-state index in [4.69, 9.17) is 9.88 Å². The largest absolute Gasteiger partial charge is 0.385 e. The lowest BCUT2D eigenvalue weighted by Gasteiger charge is -2.20. The Morgan fingerprint density at radius 3 is 2.32 bits per heavy atom. The van der Waals surface area contributed by atoms with Crippen LogP contribution in [0.15, 0.2) is 58.8 Å². The number of hydrogen-bond acceptors (Lipinski definition) is 6. The molecule has 3 rings (SSSR count). The molecule has 0 saturated carbocycles. The summed E-state index contributed by atoms with van der Waals surface area (Å²) in [5.74, 6) is -0.168. The molecule has 0 aliphatic rings. The molecule has 2 aromatic carbocycles.